The third kappa shape index (κ3) is 4.66. The van der Waals surface area contributed by atoms with Gasteiger partial charge in [-0.1, -0.05) is 23.7 Å². The van der Waals surface area contributed by atoms with Crippen molar-refractivity contribution in [3.8, 4) is 5.75 Å². The Kier molecular flexibility index (Phi) is 5.62. The number of carbonyl (C=O) groups excluding carboxylic acids is 1. The van der Waals surface area contributed by atoms with E-state index >= 15 is 0 Å². The van der Waals surface area contributed by atoms with Crippen LogP contribution in [-0.2, 0) is 11.0 Å². The molecule has 1 atom stereocenters. The van der Waals surface area contributed by atoms with Gasteiger partial charge < -0.3 is 10.1 Å². The van der Waals surface area contributed by atoms with Gasteiger partial charge in [0.1, 0.15) is 5.75 Å². The van der Waals surface area contributed by atoms with Crippen LogP contribution in [0.4, 0.5) is 18.9 Å². The Morgan fingerprint density at radius 2 is 1.72 bits per heavy atom. The van der Waals surface area contributed by atoms with Gasteiger partial charge in [0, 0.05) is 5.02 Å². The highest BCUT2D eigenvalue weighted by molar-refractivity contribution is 6.32. The third-order valence-corrected chi connectivity index (χ3v) is 4.18. The van der Waals surface area contributed by atoms with Crippen molar-refractivity contribution >= 4 is 23.2 Å². The predicted octanol–water partition coefficient (Wildman–Crippen LogP) is 5.38. The van der Waals surface area contributed by atoms with Gasteiger partial charge in [-0.15, -0.1) is 0 Å². The molecular weight excluding hydrogens is 355 g/mol. The van der Waals surface area contributed by atoms with Crippen molar-refractivity contribution in [3.05, 3.63) is 58.1 Å². The van der Waals surface area contributed by atoms with Crippen LogP contribution in [0.3, 0.4) is 0 Å². The second kappa shape index (κ2) is 7.35. The van der Waals surface area contributed by atoms with E-state index in [1.165, 1.54) is 25.1 Å². The van der Waals surface area contributed by atoms with Gasteiger partial charge in [-0.2, -0.15) is 13.2 Å². The number of halogens is 4. The maximum atomic E-state index is 13.0. The van der Waals surface area contributed by atoms with Crippen molar-refractivity contribution in [1.29, 1.82) is 0 Å². The topological polar surface area (TPSA) is 38.3 Å². The van der Waals surface area contributed by atoms with Gasteiger partial charge in [0.25, 0.3) is 5.91 Å². The van der Waals surface area contributed by atoms with E-state index in [0.717, 1.165) is 17.2 Å². The molecule has 0 fully saturated rings. The summed E-state index contributed by atoms with van der Waals surface area (Å²) in [6.07, 6.45) is -5.54. The van der Waals surface area contributed by atoms with E-state index in [2.05, 4.69) is 5.32 Å². The van der Waals surface area contributed by atoms with Gasteiger partial charge in [0.05, 0.1) is 11.3 Å². The van der Waals surface area contributed by atoms with Crippen LogP contribution < -0.4 is 10.1 Å². The van der Waals surface area contributed by atoms with Crippen LogP contribution in [0, 0.1) is 13.8 Å². The molecule has 0 aliphatic carbocycles. The number of ether oxygens (including phenoxy) is 1. The van der Waals surface area contributed by atoms with E-state index in [1.807, 2.05) is 0 Å². The van der Waals surface area contributed by atoms with Crippen molar-refractivity contribution < 1.29 is 22.7 Å². The molecule has 3 nitrogen and oxygen atoms in total. The molecule has 0 saturated carbocycles. The number of para-hydroxylation sites is 1. The molecule has 2 aromatic carbocycles. The minimum Gasteiger partial charge on any atom is -0.481 e. The third-order valence-electron chi connectivity index (χ3n) is 3.58. The number of hydrogen-bond acceptors (Lipinski definition) is 2. The summed E-state index contributed by atoms with van der Waals surface area (Å²) in [6.45, 7) is 5.06. The smallest absolute Gasteiger partial charge is 0.418 e. The van der Waals surface area contributed by atoms with Crippen LogP contribution in [0.1, 0.15) is 23.6 Å². The predicted molar refractivity (Wildman–Crippen MR) is 91.1 cm³/mol. The highest BCUT2D eigenvalue weighted by Gasteiger charge is 2.34. The second-order valence-corrected chi connectivity index (χ2v) is 6.04. The number of alkyl halides is 3. The quantitative estimate of drug-likeness (QED) is 0.783. The molecule has 2 aromatic rings. The molecule has 7 heteroatoms. The van der Waals surface area contributed by atoms with E-state index in [4.69, 9.17) is 16.3 Å². The van der Waals surface area contributed by atoms with Crippen molar-refractivity contribution in [2.45, 2.75) is 33.1 Å². The average Bonchev–Trinajstić information content (AvgIpc) is 2.52. The molecule has 2 rings (SSSR count). The lowest BCUT2D eigenvalue weighted by atomic mass is 10.1. The summed E-state index contributed by atoms with van der Waals surface area (Å²) in [5.41, 5.74) is 0.353. The van der Waals surface area contributed by atoms with Crippen LogP contribution >= 0.6 is 11.6 Å². The summed E-state index contributed by atoms with van der Waals surface area (Å²) >= 11 is 6.07. The zero-order chi connectivity index (χ0) is 18.8. The van der Waals surface area contributed by atoms with Crippen molar-refractivity contribution in [2.24, 2.45) is 0 Å². The lowest BCUT2D eigenvalue weighted by Gasteiger charge is -2.18. The zero-order valence-electron chi connectivity index (χ0n) is 13.9. The van der Waals surface area contributed by atoms with Gasteiger partial charge in [-0.05, 0) is 56.2 Å². The van der Waals surface area contributed by atoms with E-state index in [0.29, 0.717) is 10.8 Å². The first-order valence-electron chi connectivity index (χ1n) is 7.50. The molecule has 1 amide bonds. The van der Waals surface area contributed by atoms with Crippen molar-refractivity contribution in [3.63, 3.8) is 0 Å². The SMILES string of the molecule is Cc1cc(O[C@H](C)C(=O)Nc2ccccc2C(F)(F)F)cc(C)c1Cl. The Bertz CT molecular complexity index is 767. The summed E-state index contributed by atoms with van der Waals surface area (Å²) in [7, 11) is 0. The molecule has 0 saturated heterocycles. The minimum absolute atomic E-state index is 0.307. The fraction of sp³-hybridized carbons (Fsp3) is 0.278. The average molecular weight is 372 g/mol. The maximum Gasteiger partial charge on any atom is 0.418 e. The van der Waals surface area contributed by atoms with E-state index < -0.39 is 23.8 Å². The molecule has 0 spiro atoms. The molecule has 1 N–H and O–H groups in total. The molecule has 0 radical (unpaired) electrons. The standard InChI is InChI=1S/C18H17ClF3NO2/c1-10-8-13(9-11(2)16(10)19)25-12(3)17(24)23-15-7-5-4-6-14(15)18(20,21)22/h4-9,12H,1-3H3,(H,23,24)/t12-/m1/s1. The molecule has 0 aromatic heterocycles. The highest BCUT2D eigenvalue weighted by atomic mass is 35.5. The van der Waals surface area contributed by atoms with E-state index in [1.54, 1.807) is 26.0 Å². The molecule has 134 valence electrons. The number of carbonyl (C=O) groups is 1. The second-order valence-electron chi connectivity index (χ2n) is 5.66. The first kappa shape index (κ1) is 19.1. The van der Waals surface area contributed by atoms with Crippen molar-refractivity contribution in [1.82, 2.24) is 0 Å². The number of anilines is 1. The van der Waals surface area contributed by atoms with Crippen LogP contribution in [0.25, 0.3) is 0 Å². The van der Waals surface area contributed by atoms with Crippen LogP contribution in [0.5, 0.6) is 5.75 Å². The minimum atomic E-state index is -4.56. The molecular formula is C18H17ClF3NO2. The first-order chi connectivity index (χ1) is 11.6. The molecule has 0 aliphatic heterocycles. The van der Waals surface area contributed by atoms with Gasteiger partial charge in [0.2, 0.25) is 0 Å². The number of nitrogens with one attached hydrogen (secondary N) is 1. The Labute approximate surface area is 148 Å². The van der Waals surface area contributed by atoms with E-state index in [9.17, 15) is 18.0 Å². The summed E-state index contributed by atoms with van der Waals surface area (Å²) in [6, 6.07) is 8.13. The number of benzene rings is 2. The van der Waals surface area contributed by atoms with Gasteiger partial charge in [-0.25, -0.2) is 0 Å². The largest absolute Gasteiger partial charge is 0.481 e. The van der Waals surface area contributed by atoms with Gasteiger partial charge in [-0.3, -0.25) is 4.79 Å². The molecule has 0 heterocycles. The fourth-order valence-corrected chi connectivity index (χ4v) is 2.41. The van der Waals surface area contributed by atoms with E-state index in [-0.39, 0.29) is 5.69 Å². The summed E-state index contributed by atoms with van der Waals surface area (Å²) < 4.78 is 44.5. The Morgan fingerprint density at radius 1 is 1.16 bits per heavy atom. The normalized spacial score (nSPS) is 12.6. The lowest BCUT2D eigenvalue weighted by Crippen LogP contribution is -2.31. The number of hydrogen-bond donors (Lipinski definition) is 1. The summed E-state index contributed by atoms with van der Waals surface area (Å²) in [5.74, 6) is -0.256. The monoisotopic (exact) mass is 371 g/mol. The maximum absolute atomic E-state index is 13.0. The highest BCUT2D eigenvalue weighted by Crippen LogP contribution is 2.34. The number of rotatable bonds is 4. The molecule has 0 aliphatic rings. The lowest BCUT2D eigenvalue weighted by molar-refractivity contribution is -0.137. The molecule has 0 bridgehead atoms. The van der Waals surface area contributed by atoms with Crippen LogP contribution in [0.2, 0.25) is 5.02 Å². The van der Waals surface area contributed by atoms with Crippen LogP contribution in [-0.4, -0.2) is 12.0 Å². The summed E-state index contributed by atoms with van der Waals surface area (Å²) in [5, 5.41) is 2.87. The zero-order valence-corrected chi connectivity index (χ0v) is 14.6. The van der Waals surface area contributed by atoms with Gasteiger partial charge >= 0.3 is 6.18 Å². The fourth-order valence-electron chi connectivity index (χ4n) is 2.31. The molecule has 0 unspecified atom stereocenters. The van der Waals surface area contributed by atoms with Gasteiger partial charge in [0.15, 0.2) is 6.10 Å². The molecule has 25 heavy (non-hydrogen) atoms. The Hall–Kier alpha value is -2.21. The van der Waals surface area contributed by atoms with Crippen LogP contribution in [0.15, 0.2) is 36.4 Å². The number of aryl methyl sites for hydroxylation is 2. The number of amides is 1. The Balaban J connectivity index is 2.14. The Morgan fingerprint density at radius 3 is 2.28 bits per heavy atom. The first-order valence-corrected chi connectivity index (χ1v) is 7.88. The van der Waals surface area contributed by atoms with Crippen molar-refractivity contribution in [2.75, 3.05) is 5.32 Å². The summed E-state index contributed by atoms with van der Waals surface area (Å²) in [4.78, 5) is 12.2.